The molecular formula is C14H18N2O4S. The van der Waals surface area contributed by atoms with Crippen LogP contribution in [0.15, 0.2) is 24.3 Å². The molecule has 1 aromatic rings. The van der Waals surface area contributed by atoms with E-state index in [0.717, 1.165) is 12.8 Å². The summed E-state index contributed by atoms with van der Waals surface area (Å²) in [5.74, 6) is 0.572. The summed E-state index contributed by atoms with van der Waals surface area (Å²) in [5.41, 5.74) is 0.553. The summed E-state index contributed by atoms with van der Waals surface area (Å²) >= 11 is 0. The van der Waals surface area contributed by atoms with E-state index in [1.54, 1.807) is 31.4 Å². The number of ether oxygens (including phenoxy) is 1. The quantitative estimate of drug-likeness (QED) is 0.902. The van der Waals surface area contributed by atoms with Crippen LogP contribution < -0.4 is 10.1 Å². The molecule has 0 aromatic heterocycles. The Balaban J connectivity index is 1.61. The van der Waals surface area contributed by atoms with Crippen LogP contribution in [0.2, 0.25) is 0 Å². The molecule has 21 heavy (non-hydrogen) atoms. The summed E-state index contributed by atoms with van der Waals surface area (Å²) in [6.45, 7) is 0.363. The van der Waals surface area contributed by atoms with Gasteiger partial charge in [0.15, 0.2) is 0 Å². The molecular weight excluding hydrogens is 292 g/mol. The molecule has 2 fully saturated rings. The number of anilines is 1. The lowest BCUT2D eigenvalue weighted by Crippen LogP contribution is -2.34. The van der Waals surface area contributed by atoms with Crippen LogP contribution in [0.1, 0.15) is 12.8 Å². The van der Waals surface area contributed by atoms with Gasteiger partial charge in [0.1, 0.15) is 5.75 Å². The number of nitrogens with one attached hydrogen (secondary N) is 1. The molecule has 1 aliphatic heterocycles. The van der Waals surface area contributed by atoms with Gasteiger partial charge in [-0.2, -0.15) is 4.31 Å². The fourth-order valence-electron chi connectivity index (χ4n) is 2.66. The van der Waals surface area contributed by atoms with Crippen LogP contribution in [0.4, 0.5) is 5.69 Å². The first-order chi connectivity index (χ1) is 9.92. The van der Waals surface area contributed by atoms with Crippen LogP contribution in [0, 0.1) is 5.41 Å². The van der Waals surface area contributed by atoms with Crippen molar-refractivity contribution in [3.05, 3.63) is 24.3 Å². The normalized spacial score (nSPS) is 22.1. The second-order valence-corrected chi connectivity index (χ2v) is 7.77. The molecule has 3 rings (SSSR count). The molecule has 0 unspecified atom stereocenters. The van der Waals surface area contributed by atoms with Gasteiger partial charge >= 0.3 is 0 Å². The molecule has 6 nitrogen and oxygen atoms in total. The summed E-state index contributed by atoms with van der Waals surface area (Å²) in [6, 6.07) is 6.91. The Morgan fingerprint density at radius 2 is 2.00 bits per heavy atom. The Hall–Kier alpha value is -1.60. The first-order valence-corrected chi connectivity index (χ1v) is 8.45. The van der Waals surface area contributed by atoms with E-state index in [2.05, 4.69) is 5.32 Å². The van der Waals surface area contributed by atoms with Crippen molar-refractivity contribution in [3.63, 3.8) is 0 Å². The number of carbonyl (C=O) groups is 1. The zero-order valence-corrected chi connectivity index (χ0v) is 12.6. The van der Waals surface area contributed by atoms with Gasteiger partial charge in [0.25, 0.3) is 0 Å². The highest BCUT2D eigenvalue weighted by molar-refractivity contribution is 7.89. The van der Waals surface area contributed by atoms with Crippen LogP contribution in [-0.2, 0) is 14.8 Å². The maximum absolute atomic E-state index is 12.0. The molecule has 0 radical (unpaired) electrons. The molecule has 1 heterocycles. The number of amides is 1. The third-order valence-electron chi connectivity index (χ3n) is 4.04. The van der Waals surface area contributed by atoms with Gasteiger partial charge in [0.2, 0.25) is 15.9 Å². The van der Waals surface area contributed by atoms with E-state index in [9.17, 15) is 13.2 Å². The van der Waals surface area contributed by atoms with Crippen molar-refractivity contribution in [1.82, 2.24) is 4.31 Å². The predicted molar refractivity (Wildman–Crippen MR) is 78.7 cm³/mol. The summed E-state index contributed by atoms with van der Waals surface area (Å²) in [7, 11) is -1.71. The molecule has 1 spiro atoms. The Labute approximate surface area is 124 Å². The molecule has 1 aliphatic carbocycles. The van der Waals surface area contributed by atoms with E-state index < -0.39 is 10.0 Å². The molecule has 114 valence electrons. The molecule has 0 atom stereocenters. The minimum absolute atomic E-state index is 0.0702. The average molecular weight is 310 g/mol. The second-order valence-electron chi connectivity index (χ2n) is 5.80. The van der Waals surface area contributed by atoms with Crippen molar-refractivity contribution in [1.29, 1.82) is 0 Å². The second kappa shape index (κ2) is 4.99. The maximum Gasteiger partial charge on any atom is 0.239 e. The number of benzene rings is 1. The fourth-order valence-corrected chi connectivity index (χ4v) is 4.79. The highest BCUT2D eigenvalue weighted by atomic mass is 32.2. The number of methoxy groups -OCH3 is 1. The lowest BCUT2D eigenvalue weighted by Gasteiger charge is -2.14. The molecule has 1 N–H and O–H groups in total. The Kier molecular flexibility index (Phi) is 3.41. The van der Waals surface area contributed by atoms with Crippen molar-refractivity contribution in [2.24, 2.45) is 5.41 Å². The number of sulfonamides is 1. The molecule has 1 amide bonds. The first kappa shape index (κ1) is 14.3. The van der Waals surface area contributed by atoms with E-state index in [4.69, 9.17) is 4.74 Å². The minimum atomic E-state index is -3.28. The van der Waals surface area contributed by atoms with Gasteiger partial charge in [-0.25, -0.2) is 8.42 Å². The van der Waals surface area contributed by atoms with Gasteiger partial charge < -0.3 is 10.1 Å². The third kappa shape index (κ3) is 3.03. The van der Waals surface area contributed by atoms with Gasteiger partial charge in [-0.3, -0.25) is 4.79 Å². The van der Waals surface area contributed by atoms with Crippen LogP contribution in [0.25, 0.3) is 0 Å². The zero-order valence-electron chi connectivity index (χ0n) is 11.8. The van der Waals surface area contributed by atoms with Crippen molar-refractivity contribution in [3.8, 4) is 5.75 Å². The van der Waals surface area contributed by atoms with Gasteiger partial charge in [-0.05, 0) is 42.5 Å². The standard InChI is InChI=1S/C14H18N2O4S/c1-20-12-4-2-11(3-5-12)15-13(17)8-16-9-14(6-7-14)10-21(16,18)19/h2-5H,6-10H2,1H3,(H,15,17). The number of rotatable bonds is 4. The van der Waals surface area contributed by atoms with E-state index >= 15 is 0 Å². The Morgan fingerprint density at radius 3 is 2.52 bits per heavy atom. The number of hydrogen-bond acceptors (Lipinski definition) is 4. The third-order valence-corrected chi connectivity index (χ3v) is 6.07. The maximum atomic E-state index is 12.0. The van der Waals surface area contributed by atoms with E-state index in [-0.39, 0.29) is 23.6 Å². The largest absolute Gasteiger partial charge is 0.497 e. The minimum Gasteiger partial charge on any atom is -0.497 e. The number of hydrogen-bond donors (Lipinski definition) is 1. The van der Waals surface area contributed by atoms with Crippen LogP contribution in [0.5, 0.6) is 5.75 Å². The topological polar surface area (TPSA) is 75.7 Å². The Morgan fingerprint density at radius 1 is 1.33 bits per heavy atom. The highest BCUT2D eigenvalue weighted by Crippen LogP contribution is 2.51. The number of nitrogens with zero attached hydrogens (tertiary/aromatic N) is 1. The van der Waals surface area contributed by atoms with Gasteiger partial charge in [0.05, 0.1) is 19.4 Å². The van der Waals surface area contributed by atoms with Crippen LogP contribution >= 0.6 is 0 Å². The summed E-state index contributed by atoms with van der Waals surface area (Å²) in [4.78, 5) is 12.0. The van der Waals surface area contributed by atoms with Crippen molar-refractivity contribution < 1.29 is 17.9 Å². The first-order valence-electron chi connectivity index (χ1n) is 6.84. The van der Waals surface area contributed by atoms with E-state index in [1.807, 2.05) is 0 Å². The smallest absolute Gasteiger partial charge is 0.239 e. The average Bonchev–Trinajstić information content (AvgIpc) is 3.11. The molecule has 2 aliphatic rings. The summed E-state index contributed by atoms with van der Waals surface area (Å²) in [5, 5.41) is 2.71. The summed E-state index contributed by atoms with van der Waals surface area (Å²) in [6.07, 6.45) is 1.89. The molecule has 1 aromatic carbocycles. The molecule has 7 heteroatoms. The molecule has 0 bridgehead atoms. The molecule has 1 saturated carbocycles. The fraction of sp³-hybridized carbons (Fsp3) is 0.500. The monoisotopic (exact) mass is 310 g/mol. The zero-order chi connectivity index (χ0) is 15.1. The highest BCUT2D eigenvalue weighted by Gasteiger charge is 2.55. The van der Waals surface area contributed by atoms with Crippen molar-refractivity contribution in [2.75, 3.05) is 31.3 Å². The molecule has 1 saturated heterocycles. The summed E-state index contributed by atoms with van der Waals surface area (Å²) < 4.78 is 30.4. The van der Waals surface area contributed by atoms with Gasteiger partial charge in [0, 0.05) is 12.2 Å². The predicted octanol–water partition coefficient (Wildman–Crippen LogP) is 1.06. The number of carbonyl (C=O) groups excluding carboxylic acids is 1. The lowest BCUT2D eigenvalue weighted by atomic mass is 10.1. The van der Waals surface area contributed by atoms with Crippen molar-refractivity contribution in [2.45, 2.75) is 12.8 Å². The SMILES string of the molecule is COc1ccc(NC(=O)CN2CC3(CC3)CS2(=O)=O)cc1. The lowest BCUT2D eigenvalue weighted by molar-refractivity contribution is -0.116. The van der Waals surface area contributed by atoms with Gasteiger partial charge in [-0.15, -0.1) is 0 Å². The van der Waals surface area contributed by atoms with Crippen LogP contribution in [-0.4, -0.2) is 44.6 Å². The van der Waals surface area contributed by atoms with E-state index in [1.165, 1.54) is 4.31 Å². The van der Waals surface area contributed by atoms with Crippen LogP contribution in [0.3, 0.4) is 0 Å². The Bertz CT molecular complexity index is 650. The van der Waals surface area contributed by atoms with Gasteiger partial charge in [-0.1, -0.05) is 0 Å². The van der Waals surface area contributed by atoms with Crippen molar-refractivity contribution >= 4 is 21.6 Å². The van der Waals surface area contributed by atoms with E-state index in [0.29, 0.717) is 18.0 Å².